The molecular weight excluding hydrogens is 352 g/mol. The van der Waals surface area contributed by atoms with E-state index < -0.39 is 5.91 Å². The second kappa shape index (κ2) is 8.39. The molecule has 0 bridgehead atoms. The van der Waals surface area contributed by atoms with Gasteiger partial charge in [0.25, 0.3) is 11.8 Å². The fraction of sp³-hybridized carbons (Fsp3) is 0.130. The lowest BCUT2D eigenvalue weighted by molar-refractivity contribution is -0.113. The van der Waals surface area contributed by atoms with Gasteiger partial charge in [0, 0.05) is 17.3 Å². The highest BCUT2D eigenvalue weighted by Crippen LogP contribution is 2.19. The molecule has 2 N–H and O–H groups in total. The summed E-state index contributed by atoms with van der Waals surface area (Å²) in [5.74, 6) is -0.310. The molecule has 2 aromatic carbocycles. The minimum absolute atomic E-state index is 0.101. The molecule has 0 aliphatic heterocycles. The van der Waals surface area contributed by atoms with Crippen LogP contribution in [0.3, 0.4) is 0 Å². The summed E-state index contributed by atoms with van der Waals surface area (Å²) in [6.07, 6.45) is 3.02. The van der Waals surface area contributed by atoms with Crippen LogP contribution in [0.5, 0.6) is 0 Å². The van der Waals surface area contributed by atoms with Crippen molar-refractivity contribution in [1.29, 1.82) is 0 Å². The topological polar surface area (TPSA) is 71.3 Å². The summed E-state index contributed by atoms with van der Waals surface area (Å²) < 4.78 is 5.31. The maximum atomic E-state index is 12.9. The highest BCUT2D eigenvalue weighted by molar-refractivity contribution is 6.11. The number of furan rings is 1. The molecule has 0 spiro atoms. The molecule has 5 nitrogen and oxygen atoms in total. The molecule has 2 amide bonds. The Morgan fingerprint density at radius 2 is 1.64 bits per heavy atom. The maximum absolute atomic E-state index is 12.9. The minimum Gasteiger partial charge on any atom is -0.465 e. The molecule has 0 saturated heterocycles. The van der Waals surface area contributed by atoms with Crippen molar-refractivity contribution >= 4 is 23.6 Å². The Hall–Kier alpha value is -3.60. The summed E-state index contributed by atoms with van der Waals surface area (Å²) in [7, 11) is 0. The van der Waals surface area contributed by atoms with Gasteiger partial charge in [-0.15, -0.1) is 0 Å². The van der Waals surface area contributed by atoms with Crippen LogP contribution in [0.4, 0.5) is 5.69 Å². The Balaban J connectivity index is 1.89. The Morgan fingerprint density at radius 3 is 2.36 bits per heavy atom. The molecule has 0 radical (unpaired) electrons. The Labute approximate surface area is 164 Å². The van der Waals surface area contributed by atoms with E-state index in [1.807, 2.05) is 51.1 Å². The Morgan fingerprint density at radius 1 is 0.893 bits per heavy atom. The number of aryl methyl sites for hydroxylation is 2. The van der Waals surface area contributed by atoms with Gasteiger partial charge in [-0.3, -0.25) is 9.59 Å². The van der Waals surface area contributed by atoms with Gasteiger partial charge < -0.3 is 15.1 Å². The highest BCUT2D eigenvalue weighted by atomic mass is 16.3. The van der Waals surface area contributed by atoms with Crippen molar-refractivity contribution < 1.29 is 14.0 Å². The molecule has 0 fully saturated rings. The summed E-state index contributed by atoms with van der Waals surface area (Å²) in [6, 6.07) is 16.3. The molecule has 0 unspecified atom stereocenters. The lowest BCUT2D eigenvalue weighted by Crippen LogP contribution is -2.31. The molecule has 3 rings (SSSR count). The van der Waals surface area contributed by atoms with E-state index in [1.165, 1.54) is 12.3 Å². The van der Waals surface area contributed by atoms with Crippen LogP contribution in [-0.2, 0) is 4.79 Å². The van der Waals surface area contributed by atoms with Crippen molar-refractivity contribution in [2.75, 3.05) is 5.32 Å². The SMILES string of the molecule is Cc1ccccc1C(=O)N/C(=C\c1ccco1)C(=O)Nc1cccc(C)c1C. The third kappa shape index (κ3) is 4.38. The van der Waals surface area contributed by atoms with E-state index in [9.17, 15) is 9.59 Å². The number of benzene rings is 2. The van der Waals surface area contributed by atoms with Crippen molar-refractivity contribution in [3.05, 3.63) is 94.6 Å². The summed E-state index contributed by atoms with van der Waals surface area (Å²) in [4.78, 5) is 25.6. The number of nitrogens with one attached hydrogen (secondary N) is 2. The summed E-state index contributed by atoms with van der Waals surface area (Å²) >= 11 is 0. The molecule has 0 aliphatic rings. The van der Waals surface area contributed by atoms with Gasteiger partial charge in [0.05, 0.1) is 6.26 Å². The molecule has 0 saturated carbocycles. The first-order chi connectivity index (χ1) is 13.5. The maximum Gasteiger partial charge on any atom is 0.272 e. The van der Waals surface area contributed by atoms with Crippen LogP contribution in [0.15, 0.2) is 71.0 Å². The van der Waals surface area contributed by atoms with E-state index in [2.05, 4.69) is 10.6 Å². The van der Waals surface area contributed by atoms with Crippen LogP contribution >= 0.6 is 0 Å². The normalized spacial score (nSPS) is 11.2. The van der Waals surface area contributed by atoms with Crippen molar-refractivity contribution in [3.8, 4) is 0 Å². The predicted octanol–water partition coefficient (Wildman–Crippen LogP) is 4.61. The molecule has 0 atom stereocenters. The van der Waals surface area contributed by atoms with Gasteiger partial charge in [-0.2, -0.15) is 0 Å². The second-order valence-corrected chi connectivity index (χ2v) is 6.54. The van der Waals surface area contributed by atoms with Gasteiger partial charge in [-0.1, -0.05) is 30.3 Å². The third-order valence-electron chi connectivity index (χ3n) is 4.57. The number of amides is 2. The molecule has 3 aromatic rings. The van der Waals surface area contributed by atoms with Crippen molar-refractivity contribution in [2.45, 2.75) is 20.8 Å². The Bertz CT molecular complexity index is 1030. The van der Waals surface area contributed by atoms with Crippen LogP contribution < -0.4 is 10.6 Å². The average Bonchev–Trinajstić information content (AvgIpc) is 3.18. The molecule has 5 heteroatoms. The number of hydrogen-bond donors (Lipinski definition) is 2. The first kappa shape index (κ1) is 19.2. The largest absolute Gasteiger partial charge is 0.465 e. The van der Waals surface area contributed by atoms with Gasteiger partial charge in [0.2, 0.25) is 0 Å². The zero-order valence-electron chi connectivity index (χ0n) is 16.1. The molecular formula is C23H22N2O3. The van der Waals surface area contributed by atoms with Gasteiger partial charge in [0.15, 0.2) is 0 Å². The lowest BCUT2D eigenvalue weighted by atomic mass is 10.1. The standard InChI is InChI=1S/C23H22N2O3/c1-15-9-6-12-20(17(15)3)24-23(27)21(14-18-10-7-13-28-18)25-22(26)19-11-5-4-8-16(19)2/h4-14H,1-3H3,(H,24,27)(H,25,26)/b21-14-. The fourth-order valence-corrected chi connectivity index (χ4v) is 2.77. The molecule has 1 heterocycles. The first-order valence-electron chi connectivity index (χ1n) is 8.95. The van der Waals surface area contributed by atoms with Gasteiger partial charge in [0.1, 0.15) is 11.5 Å². The average molecular weight is 374 g/mol. The molecule has 142 valence electrons. The quantitative estimate of drug-likeness (QED) is 0.641. The third-order valence-corrected chi connectivity index (χ3v) is 4.57. The number of carbonyl (C=O) groups is 2. The van der Waals surface area contributed by atoms with E-state index in [1.54, 1.807) is 24.3 Å². The summed E-state index contributed by atoms with van der Waals surface area (Å²) in [5.41, 5.74) is 4.17. The van der Waals surface area contributed by atoms with E-state index in [4.69, 9.17) is 4.42 Å². The Kier molecular flexibility index (Phi) is 5.75. The predicted molar refractivity (Wildman–Crippen MR) is 110 cm³/mol. The molecule has 1 aromatic heterocycles. The van der Waals surface area contributed by atoms with Gasteiger partial charge in [-0.05, 0) is 61.7 Å². The number of carbonyl (C=O) groups excluding carboxylic acids is 2. The smallest absolute Gasteiger partial charge is 0.272 e. The zero-order valence-corrected chi connectivity index (χ0v) is 16.1. The van der Waals surface area contributed by atoms with E-state index in [-0.39, 0.29) is 11.6 Å². The van der Waals surface area contributed by atoms with Crippen molar-refractivity contribution in [3.63, 3.8) is 0 Å². The van der Waals surface area contributed by atoms with Crippen LogP contribution in [0.25, 0.3) is 6.08 Å². The number of hydrogen-bond acceptors (Lipinski definition) is 3. The van der Waals surface area contributed by atoms with E-state index in [0.29, 0.717) is 17.0 Å². The molecule has 0 aliphatic carbocycles. The first-order valence-corrected chi connectivity index (χ1v) is 8.95. The van der Waals surface area contributed by atoms with Crippen LogP contribution in [0, 0.1) is 20.8 Å². The van der Waals surface area contributed by atoms with Crippen molar-refractivity contribution in [2.24, 2.45) is 0 Å². The van der Waals surface area contributed by atoms with Crippen LogP contribution in [0.2, 0.25) is 0 Å². The van der Waals surface area contributed by atoms with Crippen LogP contribution in [0.1, 0.15) is 32.8 Å². The molecule has 28 heavy (non-hydrogen) atoms. The minimum atomic E-state index is -0.424. The van der Waals surface area contributed by atoms with Crippen LogP contribution in [-0.4, -0.2) is 11.8 Å². The highest BCUT2D eigenvalue weighted by Gasteiger charge is 2.17. The second-order valence-electron chi connectivity index (χ2n) is 6.54. The fourth-order valence-electron chi connectivity index (χ4n) is 2.77. The summed E-state index contributed by atoms with van der Waals surface area (Å²) in [6.45, 7) is 5.76. The van der Waals surface area contributed by atoms with Gasteiger partial charge >= 0.3 is 0 Å². The van der Waals surface area contributed by atoms with Crippen molar-refractivity contribution in [1.82, 2.24) is 5.32 Å². The monoisotopic (exact) mass is 374 g/mol. The number of anilines is 1. The zero-order chi connectivity index (χ0) is 20.1. The number of rotatable bonds is 5. The van der Waals surface area contributed by atoms with Gasteiger partial charge in [-0.25, -0.2) is 0 Å². The lowest BCUT2D eigenvalue weighted by Gasteiger charge is -2.14. The summed E-state index contributed by atoms with van der Waals surface area (Å²) in [5, 5.41) is 5.59. The van der Waals surface area contributed by atoms with E-state index in [0.717, 1.165) is 16.7 Å². The van der Waals surface area contributed by atoms with E-state index >= 15 is 0 Å².